The molecule has 21 nitrogen and oxygen atoms in total. The molecule has 106 heavy (non-hydrogen) atoms. The van der Waals surface area contributed by atoms with E-state index >= 15 is 0 Å². The molecular formula is C85H97N9O12. The highest BCUT2D eigenvalue weighted by Gasteiger charge is 2.44. The van der Waals surface area contributed by atoms with Gasteiger partial charge in [0.15, 0.2) is 0 Å². The van der Waals surface area contributed by atoms with Crippen molar-refractivity contribution >= 4 is 53.2 Å². The minimum atomic E-state index is -0.721. The Morgan fingerprint density at radius 1 is 0.425 bits per heavy atom. The largest absolute Gasteiger partial charge is 0.489 e. The van der Waals surface area contributed by atoms with Crippen LogP contribution < -0.4 is 30.2 Å². The first-order valence-electron chi connectivity index (χ1n) is 38.4. The summed E-state index contributed by atoms with van der Waals surface area (Å²) in [4.78, 5) is 128. The van der Waals surface area contributed by atoms with Crippen molar-refractivity contribution in [2.75, 3.05) is 39.3 Å². The number of benzene rings is 6. The molecule has 21 heteroatoms. The van der Waals surface area contributed by atoms with E-state index in [0.29, 0.717) is 89.8 Å². The summed E-state index contributed by atoms with van der Waals surface area (Å²) >= 11 is 0. The molecule has 3 N–H and O–H groups in total. The van der Waals surface area contributed by atoms with Gasteiger partial charge in [-0.1, -0.05) is 99.6 Å². The zero-order valence-electron chi connectivity index (χ0n) is 61.2. The molecule has 554 valence electrons. The Labute approximate surface area is 620 Å². The summed E-state index contributed by atoms with van der Waals surface area (Å²) in [5.74, 6) is 0.430. The number of hydrogen-bond acceptors (Lipinski definition) is 15. The fourth-order valence-corrected chi connectivity index (χ4v) is 17.6. The molecule has 4 unspecified atom stereocenters. The van der Waals surface area contributed by atoms with E-state index in [2.05, 4.69) is 112 Å². The smallest absolute Gasteiger partial charge is 0.255 e. The predicted molar refractivity (Wildman–Crippen MR) is 395 cm³/mol. The van der Waals surface area contributed by atoms with Crippen LogP contribution in [0.5, 0.6) is 17.2 Å². The highest BCUT2D eigenvalue weighted by molar-refractivity contribution is 6.08. The van der Waals surface area contributed by atoms with Crippen molar-refractivity contribution in [2.45, 2.75) is 194 Å². The molecule has 6 saturated heterocycles. The van der Waals surface area contributed by atoms with Gasteiger partial charge in [0.1, 0.15) is 55.2 Å². The molecule has 9 aliphatic rings. The summed E-state index contributed by atoms with van der Waals surface area (Å²) in [6.07, 6.45) is 11.2. The first-order valence-corrected chi connectivity index (χ1v) is 38.4. The van der Waals surface area contributed by atoms with Crippen LogP contribution in [0.3, 0.4) is 0 Å². The number of rotatable bonds is 24. The normalized spacial score (nSPS) is 22.1. The second kappa shape index (κ2) is 31.1. The minimum Gasteiger partial charge on any atom is -0.489 e. The third-order valence-electron chi connectivity index (χ3n) is 24.3. The summed E-state index contributed by atoms with van der Waals surface area (Å²) in [6.45, 7) is 17.7. The van der Waals surface area contributed by atoms with Crippen LogP contribution in [-0.4, -0.2) is 140 Å². The quantitative estimate of drug-likeness (QED) is 0.0478. The van der Waals surface area contributed by atoms with Crippen molar-refractivity contribution in [1.29, 1.82) is 0 Å². The molecule has 9 heterocycles. The van der Waals surface area contributed by atoms with E-state index in [1.54, 1.807) is 39.0 Å². The highest BCUT2D eigenvalue weighted by Crippen LogP contribution is 2.40. The average Bonchev–Trinajstić information content (AvgIpc) is 1.63. The van der Waals surface area contributed by atoms with Gasteiger partial charge in [-0.15, -0.1) is 0 Å². The first kappa shape index (κ1) is 72.0. The maximum Gasteiger partial charge on any atom is 0.255 e. The number of aryl methyl sites for hydroxylation is 1. The van der Waals surface area contributed by atoms with Gasteiger partial charge in [0.25, 0.3) is 17.7 Å². The fraction of sp³-hybridized carbons (Fsp3) is 0.471. The van der Waals surface area contributed by atoms with E-state index in [1.807, 2.05) is 30.3 Å². The number of ether oxygens (including phenoxy) is 3. The Kier molecular flexibility index (Phi) is 21.1. The van der Waals surface area contributed by atoms with Gasteiger partial charge in [-0.2, -0.15) is 0 Å². The van der Waals surface area contributed by atoms with Gasteiger partial charge in [0.05, 0.1) is 19.6 Å². The Morgan fingerprint density at radius 2 is 0.840 bits per heavy atom. The van der Waals surface area contributed by atoms with Crippen LogP contribution in [0.4, 0.5) is 0 Å². The van der Waals surface area contributed by atoms with Crippen molar-refractivity contribution in [2.24, 2.45) is 23.2 Å². The molecule has 0 bridgehead atoms. The van der Waals surface area contributed by atoms with E-state index in [0.717, 1.165) is 137 Å². The minimum absolute atomic E-state index is 0.184. The lowest BCUT2D eigenvalue weighted by atomic mass is 9.81. The van der Waals surface area contributed by atoms with Crippen LogP contribution in [0, 0.1) is 23.2 Å². The Bertz CT molecular complexity index is 4410. The Morgan fingerprint density at radius 3 is 1.34 bits per heavy atom. The summed E-state index contributed by atoms with van der Waals surface area (Å²) < 4.78 is 19.7. The topological polar surface area (TPSA) is 237 Å². The molecule has 9 aliphatic heterocycles. The Hall–Kier alpha value is -9.57. The maximum atomic E-state index is 13.8. The lowest BCUT2D eigenvalue weighted by Crippen LogP contribution is -2.52. The van der Waals surface area contributed by atoms with Gasteiger partial charge in [0.2, 0.25) is 35.4 Å². The van der Waals surface area contributed by atoms with Gasteiger partial charge in [-0.25, -0.2) is 0 Å². The number of piperidine rings is 6. The fourth-order valence-electron chi connectivity index (χ4n) is 17.6. The summed E-state index contributed by atoms with van der Waals surface area (Å²) in [7, 11) is 0. The molecule has 0 aromatic heterocycles. The summed E-state index contributed by atoms with van der Waals surface area (Å²) in [5.41, 5.74) is 13.9. The third-order valence-corrected chi connectivity index (χ3v) is 24.3. The lowest BCUT2D eigenvalue weighted by Gasteiger charge is -2.37. The number of carbonyl (C=O) groups is 9. The molecular weight excluding hydrogens is 1340 g/mol. The molecule has 15 rings (SSSR count). The number of carbonyl (C=O) groups excluding carboxylic acids is 9. The molecule has 6 aromatic carbocycles. The summed E-state index contributed by atoms with van der Waals surface area (Å²) in [5, 5.41) is 7.20. The maximum absolute atomic E-state index is 13.8. The molecule has 6 fully saturated rings. The Balaban J connectivity index is 0.578. The predicted octanol–water partition coefficient (Wildman–Crippen LogP) is 10.3. The van der Waals surface area contributed by atoms with Gasteiger partial charge in [0, 0.05) is 72.3 Å². The van der Waals surface area contributed by atoms with E-state index in [1.165, 1.54) is 40.7 Å². The second-order valence-electron chi connectivity index (χ2n) is 31.9. The van der Waals surface area contributed by atoms with Crippen molar-refractivity contribution in [3.8, 4) is 17.2 Å². The number of fused-ring (bicyclic) bond motifs is 3. The van der Waals surface area contributed by atoms with Crippen LogP contribution >= 0.6 is 0 Å². The number of nitrogens with zero attached hydrogens (tertiary/aromatic N) is 6. The molecule has 0 radical (unpaired) electrons. The van der Waals surface area contributed by atoms with Crippen molar-refractivity contribution in [3.63, 3.8) is 0 Å². The zero-order chi connectivity index (χ0) is 73.3. The number of hydrogen-bond donors (Lipinski definition) is 3. The van der Waals surface area contributed by atoms with Crippen LogP contribution in [0.15, 0.2) is 115 Å². The number of amides is 9. The van der Waals surface area contributed by atoms with Gasteiger partial charge in [-0.3, -0.25) is 73.8 Å². The lowest BCUT2D eigenvalue weighted by molar-refractivity contribution is -0.138. The van der Waals surface area contributed by atoms with Crippen LogP contribution in [0.2, 0.25) is 0 Å². The van der Waals surface area contributed by atoms with Gasteiger partial charge in [-0.05, 0) is 220 Å². The monoisotopic (exact) mass is 1440 g/mol. The molecule has 0 aliphatic carbocycles. The standard InChI is InChI=1S/C85H97N9O12/c1-53(59-31-37-90(38-32-59)44-55-13-15-56(16-14-55)50-104-73-10-4-7-64-67(73)47-92(82(64)101)70-23-26-76(95)86-79(70)98)41-63-42-57(18-22-62(63)52-106-75-12-6-9-66-69(75)49-94(84(66)103)72-25-28-78(97)88-81(72)100)45-89-35-29-54(30-36-89)17-20-60-43-58(19-21-61(60)46-91-39-33-85(2,3)34-40-91)51-105-74-11-5-8-65-68(74)48-93(83(65)102)71-24-27-77(96)87-80(71)99/h4-16,18-19,21-22,42-43,53-54,59,70-72H,17,20,23-41,44-52H2,1-3H3,(H,86,95,98)(H,87,96,99)(H,88,97,100). The van der Waals surface area contributed by atoms with Crippen LogP contribution in [0.25, 0.3) is 0 Å². The molecule has 4 atom stereocenters. The highest BCUT2D eigenvalue weighted by atomic mass is 16.5. The van der Waals surface area contributed by atoms with E-state index in [9.17, 15) is 43.2 Å². The van der Waals surface area contributed by atoms with Gasteiger partial charge >= 0.3 is 0 Å². The van der Waals surface area contributed by atoms with Crippen molar-refractivity contribution < 1.29 is 57.4 Å². The number of nitrogens with one attached hydrogen (secondary N) is 3. The van der Waals surface area contributed by atoms with Crippen molar-refractivity contribution in [3.05, 3.63) is 193 Å². The van der Waals surface area contributed by atoms with E-state index < -0.39 is 35.8 Å². The zero-order valence-corrected chi connectivity index (χ0v) is 61.2. The molecule has 9 amide bonds. The van der Waals surface area contributed by atoms with E-state index in [-0.39, 0.29) is 80.8 Å². The number of likely N-dealkylation sites (tertiary alicyclic amines) is 3. The summed E-state index contributed by atoms with van der Waals surface area (Å²) in [6, 6.07) is 36.7. The second-order valence-corrected chi connectivity index (χ2v) is 31.9. The third kappa shape index (κ3) is 15.9. The van der Waals surface area contributed by atoms with Gasteiger partial charge < -0.3 is 28.9 Å². The SMILES string of the molecule is CC(Cc1cc(CN2CCC(CCc3cc(COc4cccc5c4CN(C4CCC(=O)NC4=O)C5=O)ccc3CN3CCC(C)(C)CC3)CC2)ccc1COc1cccc2c1CN(C1CCC(=O)NC1=O)C2=O)C1CCN(Cc2ccc(COc3cccc4c3CN(C3CCC(=O)NC3=O)C4=O)cc2)CC1. The average molecular weight is 1440 g/mol. The molecule has 0 saturated carbocycles. The number of imide groups is 3. The van der Waals surface area contributed by atoms with Crippen molar-refractivity contribution in [1.82, 2.24) is 45.3 Å². The van der Waals surface area contributed by atoms with Crippen LogP contribution in [0.1, 0.15) is 197 Å². The first-order chi connectivity index (χ1) is 51.3. The van der Waals surface area contributed by atoms with E-state index in [4.69, 9.17) is 14.2 Å². The molecule has 0 spiro atoms. The molecule has 6 aromatic rings. The van der Waals surface area contributed by atoms with Crippen LogP contribution in [-0.2, 0) is 101 Å².